The van der Waals surface area contributed by atoms with E-state index in [0.717, 1.165) is 159 Å². The van der Waals surface area contributed by atoms with Crippen molar-refractivity contribution < 1.29 is 19.2 Å². The highest BCUT2D eigenvalue weighted by Crippen LogP contribution is 2.52. The standard InChI is InChI=1S/C68H86O4S6/c1-11-19-29-43(15-5)37-51-57-58(64(70)56-48(28-14-4)74-42(10)55(56)63(57)69)52(76-51)39-45(17-7)31-25-23-21-22-24-26-32-46(18-8)40-54-60-59(53(77-54)38-44(16-6)30-20-12-2)66(72)62-61(65(60)71)67(49-35-33-41(9)73-49)78-68(62)50-36-34-47(75-50)27-13-3/h13-14,27-28,33-36,43-46H,11-12,15-26,29-32,37-40H2,1-10H3/b27-13+,28-14+. The van der Waals surface area contributed by atoms with E-state index in [4.69, 9.17) is 0 Å². The number of fused-ring (bicyclic) bond motifs is 4. The molecule has 0 saturated carbocycles. The van der Waals surface area contributed by atoms with Crippen molar-refractivity contribution in [3.8, 4) is 19.5 Å². The van der Waals surface area contributed by atoms with Gasteiger partial charge in [0.05, 0.1) is 26.4 Å². The molecule has 0 saturated heterocycles. The third-order valence-electron chi connectivity index (χ3n) is 17.0. The third-order valence-corrected chi connectivity index (χ3v) is 24.2. The number of hydrogen-bond donors (Lipinski definition) is 0. The molecule has 6 heterocycles. The average molecular weight is 1160 g/mol. The fraction of sp³-hybridized carbons (Fsp3) is 0.529. The molecule has 4 atom stereocenters. The Labute approximate surface area is 492 Å². The monoisotopic (exact) mass is 1160 g/mol. The third kappa shape index (κ3) is 13.2. The molecule has 0 radical (unpaired) electrons. The quantitative estimate of drug-likeness (QED) is 0.0406. The largest absolute Gasteiger partial charge is 0.288 e. The molecule has 0 aromatic carbocycles. The second kappa shape index (κ2) is 28.4. The van der Waals surface area contributed by atoms with Crippen LogP contribution in [0.25, 0.3) is 31.7 Å². The zero-order valence-electron chi connectivity index (χ0n) is 48.6. The van der Waals surface area contributed by atoms with Gasteiger partial charge < -0.3 is 0 Å². The van der Waals surface area contributed by atoms with Gasteiger partial charge in [-0.25, -0.2) is 0 Å². The molecule has 8 rings (SSSR count). The van der Waals surface area contributed by atoms with E-state index in [-0.39, 0.29) is 23.1 Å². The van der Waals surface area contributed by atoms with Crippen molar-refractivity contribution in [2.75, 3.05) is 0 Å². The average Bonchev–Trinajstić information content (AvgIpc) is 4.48. The predicted molar refractivity (Wildman–Crippen MR) is 342 cm³/mol. The Morgan fingerprint density at radius 2 is 0.795 bits per heavy atom. The summed E-state index contributed by atoms with van der Waals surface area (Å²) >= 11 is 10.2. The van der Waals surface area contributed by atoms with Crippen LogP contribution in [0.2, 0.25) is 0 Å². The first-order valence-corrected chi connectivity index (χ1v) is 34.9. The van der Waals surface area contributed by atoms with Gasteiger partial charge in [0, 0.05) is 76.6 Å². The molecule has 10 heteroatoms. The lowest BCUT2D eigenvalue weighted by Crippen LogP contribution is -2.22. The van der Waals surface area contributed by atoms with E-state index in [1.807, 2.05) is 32.9 Å². The van der Waals surface area contributed by atoms with Gasteiger partial charge in [-0.1, -0.05) is 169 Å². The number of hydrogen-bond acceptors (Lipinski definition) is 10. The minimum atomic E-state index is 0.0583. The molecular formula is C68H86O4S6. The van der Waals surface area contributed by atoms with Crippen molar-refractivity contribution in [1.82, 2.24) is 0 Å². The Hall–Kier alpha value is -3.64. The van der Waals surface area contributed by atoms with Crippen LogP contribution in [-0.4, -0.2) is 23.1 Å². The van der Waals surface area contributed by atoms with Gasteiger partial charge in [-0.3, -0.25) is 19.2 Å². The number of unbranched alkanes of at least 4 members (excludes halogenated alkanes) is 7. The molecule has 2 aliphatic rings. The molecule has 78 heavy (non-hydrogen) atoms. The van der Waals surface area contributed by atoms with Gasteiger partial charge in [0.2, 0.25) is 0 Å². The van der Waals surface area contributed by atoms with E-state index >= 15 is 9.59 Å². The lowest BCUT2D eigenvalue weighted by atomic mass is 9.81. The highest BCUT2D eigenvalue weighted by atomic mass is 32.1. The van der Waals surface area contributed by atoms with Crippen molar-refractivity contribution >= 4 is 103 Å². The fourth-order valence-electron chi connectivity index (χ4n) is 12.3. The van der Waals surface area contributed by atoms with Gasteiger partial charge in [-0.2, -0.15) is 0 Å². The smallest absolute Gasteiger partial charge is 0.197 e. The summed E-state index contributed by atoms with van der Waals surface area (Å²) in [4.78, 5) is 72.8. The van der Waals surface area contributed by atoms with Gasteiger partial charge >= 0.3 is 0 Å². The van der Waals surface area contributed by atoms with Crippen LogP contribution < -0.4 is 0 Å². The number of allylic oxidation sites excluding steroid dienone is 2. The minimum absolute atomic E-state index is 0.0583. The van der Waals surface area contributed by atoms with Crippen LogP contribution in [0.3, 0.4) is 0 Å². The normalized spacial score (nSPS) is 14.9. The first-order valence-electron chi connectivity index (χ1n) is 30.0. The van der Waals surface area contributed by atoms with Gasteiger partial charge in [-0.15, -0.1) is 68.0 Å². The van der Waals surface area contributed by atoms with Gasteiger partial charge in [0.15, 0.2) is 23.1 Å². The van der Waals surface area contributed by atoms with Crippen LogP contribution in [0.15, 0.2) is 36.4 Å². The summed E-state index contributed by atoms with van der Waals surface area (Å²) < 4.78 is 0. The Bertz CT molecular complexity index is 3110. The number of thiophene rings is 6. The number of carbonyl (C=O) groups excluding carboxylic acids is 4. The minimum Gasteiger partial charge on any atom is -0.288 e. The van der Waals surface area contributed by atoms with Crippen molar-refractivity contribution in [1.29, 1.82) is 0 Å². The second-order valence-corrected chi connectivity index (χ2v) is 29.6. The molecule has 2 aliphatic carbocycles. The molecule has 0 N–H and O–H groups in total. The van der Waals surface area contributed by atoms with E-state index in [1.165, 1.54) is 62.7 Å². The highest BCUT2D eigenvalue weighted by Gasteiger charge is 2.43. The van der Waals surface area contributed by atoms with Gasteiger partial charge in [0.25, 0.3) is 0 Å². The maximum atomic E-state index is 15.4. The summed E-state index contributed by atoms with van der Waals surface area (Å²) in [5.41, 5.74) is 5.46. The number of ketones is 4. The van der Waals surface area contributed by atoms with E-state index in [0.29, 0.717) is 45.9 Å². The SMILES string of the molecule is C/C=C/c1ccc(-c2sc(-c3ccc(C)s3)c3c2C(=O)c2c(CC(CC)CCCC)sc(CC(CC)CCCCCCCCC(CC)Cc4sc(CC(CC)CCCC)c5c4C(=O)c4c(/C=C/C)sc(C)c4C5=O)c2C3=O)s1. The summed E-state index contributed by atoms with van der Waals surface area (Å²) in [6.45, 7) is 21.8. The van der Waals surface area contributed by atoms with E-state index in [9.17, 15) is 9.59 Å². The van der Waals surface area contributed by atoms with Crippen molar-refractivity contribution in [2.45, 2.75) is 210 Å². The maximum absolute atomic E-state index is 15.4. The summed E-state index contributed by atoms with van der Waals surface area (Å²) in [5, 5.41) is 0. The first-order chi connectivity index (χ1) is 37.8. The molecule has 418 valence electrons. The lowest BCUT2D eigenvalue weighted by molar-refractivity contribution is 0.0978. The molecule has 0 bridgehead atoms. The zero-order chi connectivity index (χ0) is 55.6. The molecule has 0 aliphatic heterocycles. The van der Waals surface area contributed by atoms with Crippen molar-refractivity contribution in [2.24, 2.45) is 23.7 Å². The number of carbonyl (C=O) groups is 4. The van der Waals surface area contributed by atoms with Crippen LogP contribution in [-0.2, 0) is 25.7 Å². The summed E-state index contributed by atoms with van der Waals surface area (Å²) in [6, 6.07) is 8.53. The Morgan fingerprint density at radius 1 is 0.397 bits per heavy atom. The fourth-order valence-corrected chi connectivity index (χ4v) is 19.9. The molecule has 6 aromatic heterocycles. The Morgan fingerprint density at radius 3 is 1.21 bits per heavy atom. The van der Waals surface area contributed by atoms with Crippen LogP contribution in [0.1, 0.15) is 274 Å². The number of rotatable bonds is 31. The van der Waals surface area contributed by atoms with Gasteiger partial charge in [-0.05, 0) is 113 Å². The van der Waals surface area contributed by atoms with Crippen LogP contribution in [0, 0.1) is 37.5 Å². The Kier molecular flexibility index (Phi) is 22.0. The first kappa shape index (κ1) is 60.5. The van der Waals surface area contributed by atoms with Crippen LogP contribution in [0.4, 0.5) is 0 Å². The maximum Gasteiger partial charge on any atom is 0.197 e. The molecule has 0 amide bonds. The summed E-state index contributed by atoms with van der Waals surface area (Å²) in [5.74, 6) is 2.20. The summed E-state index contributed by atoms with van der Waals surface area (Å²) in [7, 11) is 0. The Balaban J connectivity index is 0.926. The molecule has 4 unspecified atom stereocenters. The van der Waals surface area contributed by atoms with Crippen LogP contribution >= 0.6 is 68.0 Å². The van der Waals surface area contributed by atoms with E-state index in [1.54, 1.807) is 68.0 Å². The second-order valence-electron chi connectivity index (χ2n) is 22.5. The zero-order valence-corrected chi connectivity index (χ0v) is 53.5. The number of aryl methyl sites for hydroxylation is 2. The van der Waals surface area contributed by atoms with Crippen molar-refractivity contribution in [3.63, 3.8) is 0 Å². The molecule has 6 aromatic rings. The molecular weight excluding hydrogens is 1070 g/mol. The topological polar surface area (TPSA) is 68.3 Å². The summed E-state index contributed by atoms with van der Waals surface area (Å²) in [6.07, 6.45) is 32.4. The van der Waals surface area contributed by atoms with E-state index in [2.05, 4.69) is 84.9 Å². The predicted octanol–water partition coefficient (Wildman–Crippen LogP) is 22.1. The van der Waals surface area contributed by atoms with Crippen LogP contribution in [0.5, 0.6) is 0 Å². The highest BCUT2D eigenvalue weighted by molar-refractivity contribution is 7.27. The lowest BCUT2D eigenvalue weighted by Gasteiger charge is -2.19. The van der Waals surface area contributed by atoms with Gasteiger partial charge in [0.1, 0.15) is 0 Å². The van der Waals surface area contributed by atoms with Crippen molar-refractivity contribution in [3.05, 3.63) is 120 Å². The molecule has 0 spiro atoms. The molecule has 4 nitrogen and oxygen atoms in total. The molecule has 0 fully saturated rings. The van der Waals surface area contributed by atoms with E-state index < -0.39 is 0 Å².